The number of allylic oxidation sites excluding steroid dienone is 1. The van der Waals surface area contributed by atoms with E-state index in [1.54, 1.807) is 66.7 Å². The molecule has 0 N–H and O–H groups in total. The van der Waals surface area contributed by atoms with E-state index in [1.165, 1.54) is 16.9 Å². The molecule has 5 rings (SSSR count). The second-order valence-corrected chi connectivity index (χ2v) is 13.0. The summed E-state index contributed by atoms with van der Waals surface area (Å²) in [5.41, 5.74) is 3.33. The molecule has 1 aromatic heterocycles. The van der Waals surface area contributed by atoms with Gasteiger partial charge in [0.1, 0.15) is 32.5 Å². The molecule has 0 aliphatic rings. The molecule has 0 aliphatic heterocycles. The number of fused-ring (bicyclic) bond motifs is 1. The number of aryl methyl sites for hydroxylation is 1. The number of hydrogen-bond acceptors (Lipinski definition) is 9. The summed E-state index contributed by atoms with van der Waals surface area (Å²) in [6.07, 6.45) is 10.2. The summed E-state index contributed by atoms with van der Waals surface area (Å²) in [5.74, 6) is 1.44. The summed E-state index contributed by atoms with van der Waals surface area (Å²) >= 11 is 1.33. The van der Waals surface area contributed by atoms with Crippen molar-refractivity contribution in [2.24, 2.45) is 0 Å². The standard InChI is InChI=1S/C43H43NO7S/c1-5-27-48-35-20-16-33(17-21-35)42(45)50-37-24-25-38(41-40(37)44-39(52-41)26-15-32-13-11-30(3)12-14-32)51-43(46)34-18-22-36(23-19-34)49-29-10-8-7-9-28-47-31(4)6-2/h6,11-26H,2,4-5,7-10,27-29H2,1,3H3/b26-15+. The van der Waals surface area contributed by atoms with Crippen LogP contribution in [-0.2, 0) is 4.74 Å². The van der Waals surface area contributed by atoms with E-state index in [2.05, 4.69) is 13.2 Å². The number of thiazole rings is 1. The summed E-state index contributed by atoms with van der Waals surface area (Å²) in [7, 11) is 0. The SMILES string of the molecule is C=CC(=C)OCCCCCCOc1ccc(C(=O)Oc2ccc(OC(=O)c3ccc(OCCC)cc3)c3nc(/C=C/c4ccc(C)cc4)sc23)cc1. The highest BCUT2D eigenvalue weighted by Crippen LogP contribution is 2.38. The molecule has 1 heterocycles. The third-order valence-corrected chi connectivity index (χ3v) is 8.90. The normalized spacial score (nSPS) is 11.0. The van der Waals surface area contributed by atoms with Crippen molar-refractivity contribution in [2.45, 2.75) is 46.0 Å². The smallest absolute Gasteiger partial charge is 0.343 e. The molecule has 0 fully saturated rings. The molecule has 0 atom stereocenters. The van der Waals surface area contributed by atoms with Gasteiger partial charge in [0.25, 0.3) is 0 Å². The van der Waals surface area contributed by atoms with Crippen molar-refractivity contribution in [1.29, 1.82) is 0 Å². The van der Waals surface area contributed by atoms with Gasteiger partial charge in [-0.25, -0.2) is 14.6 Å². The zero-order valence-electron chi connectivity index (χ0n) is 29.6. The number of carbonyl (C=O) groups excluding carboxylic acids is 2. The first-order valence-corrected chi connectivity index (χ1v) is 18.2. The first kappa shape index (κ1) is 37.6. The predicted octanol–water partition coefficient (Wildman–Crippen LogP) is 10.7. The van der Waals surface area contributed by atoms with Crippen LogP contribution in [-0.4, -0.2) is 36.7 Å². The molecule has 268 valence electrons. The van der Waals surface area contributed by atoms with Gasteiger partial charge in [-0.1, -0.05) is 56.0 Å². The Morgan fingerprint density at radius 2 is 1.29 bits per heavy atom. The maximum Gasteiger partial charge on any atom is 0.343 e. The fraction of sp³-hybridized carbons (Fsp3) is 0.233. The number of rotatable bonds is 19. The number of nitrogens with zero attached hydrogens (tertiary/aromatic N) is 1. The van der Waals surface area contributed by atoms with Crippen LogP contribution in [0.15, 0.2) is 110 Å². The van der Waals surface area contributed by atoms with Crippen LogP contribution in [0.2, 0.25) is 0 Å². The van der Waals surface area contributed by atoms with E-state index in [1.807, 2.05) is 50.3 Å². The van der Waals surface area contributed by atoms with Crippen LogP contribution in [0.3, 0.4) is 0 Å². The highest BCUT2D eigenvalue weighted by molar-refractivity contribution is 7.19. The third kappa shape index (κ3) is 10.9. The van der Waals surface area contributed by atoms with Crippen molar-refractivity contribution in [3.63, 3.8) is 0 Å². The molecule has 0 saturated carbocycles. The first-order valence-electron chi connectivity index (χ1n) is 17.4. The van der Waals surface area contributed by atoms with Crippen LogP contribution in [0, 0.1) is 6.92 Å². The van der Waals surface area contributed by atoms with Crippen molar-refractivity contribution in [2.75, 3.05) is 19.8 Å². The number of hydrogen-bond donors (Lipinski definition) is 0. The van der Waals surface area contributed by atoms with E-state index in [0.717, 1.165) is 37.7 Å². The molecule has 8 nitrogen and oxygen atoms in total. The van der Waals surface area contributed by atoms with Crippen LogP contribution in [0.25, 0.3) is 22.4 Å². The fourth-order valence-electron chi connectivity index (χ4n) is 4.98. The van der Waals surface area contributed by atoms with Crippen molar-refractivity contribution >= 4 is 45.6 Å². The number of carbonyl (C=O) groups is 2. The lowest BCUT2D eigenvalue weighted by molar-refractivity contribution is 0.0723. The van der Waals surface area contributed by atoms with Gasteiger partial charge in [0.2, 0.25) is 0 Å². The molecular formula is C43H43NO7S. The van der Waals surface area contributed by atoms with Gasteiger partial charge in [-0.05, 0) is 117 Å². The lowest BCUT2D eigenvalue weighted by Gasteiger charge is -2.10. The maximum absolute atomic E-state index is 13.3. The molecule has 0 radical (unpaired) electrons. The van der Waals surface area contributed by atoms with E-state index < -0.39 is 11.9 Å². The third-order valence-electron chi connectivity index (χ3n) is 7.86. The average molecular weight is 718 g/mol. The second-order valence-electron chi connectivity index (χ2n) is 12.0. The molecule has 0 spiro atoms. The number of aromatic nitrogens is 1. The van der Waals surface area contributed by atoms with Crippen molar-refractivity contribution in [3.05, 3.63) is 137 Å². The molecule has 9 heteroatoms. The van der Waals surface area contributed by atoms with Crippen LogP contribution in [0.5, 0.6) is 23.0 Å². The van der Waals surface area contributed by atoms with Gasteiger partial charge in [-0.15, -0.1) is 11.3 Å². The highest BCUT2D eigenvalue weighted by atomic mass is 32.1. The Morgan fingerprint density at radius 3 is 1.90 bits per heavy atom. The van der Waals surface area contributed by atoms with Crippen molar-refractivity contribution in [3.8, 4) is 23.0 Å². The Hall–Kier alpha value is -5.67. The number of unbranched alkanes of at least 4 members (excludes halogenated alkanes) is 3. The lowest BCUT2D eigenvalue weighted by atomic mass is 10.1. The minimum atomic E-state index is -0.541. The molecule has 0 saturated heterocycles. The van der Waals surface area contributed by atoms with Gasteiger partial charge in [-0.3, -0.25) is 0 Å². The number of benzene rings is 4. The molecule has 0 bridgehead atoms. The molecule has 4 aromatic carbocycles. The molecule has 52 heavy (non-hydrogen) atoms. The molecule has 5 aromatic rings. The Morgan fingerprint density at radius 1 is 0.712 bits per heavy atom. The van der Waals surface area contributed by atoms with Gasteiger partial charge in [0.05, 0.1) is 30.9 Å². The Balaban J connectivity index is 1.26. The summed E-state index contributed by atoms with van der Waals surface area (Å²) in [6, 6.07) is 25.0. The van der Waals surface area contributed by atoms with Crippen LogP contribution >= 0.6 is 11.3 Å². The quantitative estimate of drug-likeness (QED) is 0.0274. The summed E-state index contributed by atoms with van der Waals surface area (Å²) in [6.45, 7) is 13.2. The van der Waals surface area contributed by atoms with E-state index in [4.69, 9.17) is 28.7 Å². The Kier molecular flexibility index (Phi) is 13.8. The molecular weight excluding hydrogens is 675 g/mol. The van der Waals surface area contributed by atoms with E-state index in [-0.39, 0.29) is 5.75 Å². The average Bonchev–Trinajstić information content (AvgIpc) is 3.61. The first-order chi connectivity index (χ1) is 25.3. The Bertz CT molecular complexity index is 1990. The van der Waals surface area contributed by atoms with E-state index in [9.17, 15) is 9.59 Å². The zero-order chi connectivity index (χ0) is 36.7. The largest absolute Gasteiger partial charge is 0.494 e. The van der Waals surface area contributed by atoms with Crippen LogP contribution in [0.1, 0.15) is 75.9 Å². The molecule has 0 amide bonds. The van der Waals surface area contributed by atoms with Crippen molar-refractivity contribution < 1.29 is 33.3 Å². The number of esters is 2. The summed E-state index contributed by atoms with van der Waals surface area (Å²) in [5, 5.41) is 0.655. The minimum Gasteiger partial charge on any atom is -0.494 e. The highest BCUT2D eigenvalue weighted by Gasteiger charge is 2.20. The number of ether oxygens (including phenoxy) is 5. The van der Waals surface area contributed by atoms with Crippen molar-refractivity contribution in [1.82, 2.24) is 4.98 Å². The van der Waals surface area contributed by atoms with Crippen LogP contribution < -0.4 is 18.9 Å². The molecule has 0 aliphatic carbocycles. The predicted molar refractivity (Wildman–Crippen MR) is 208 cm³/mol. The van der Waals surface area contributed by atoms with Gasteiger partial charge in [0, 0.05) is 0 Å². The lowest BCUT2D eigenvalue weighted by Crippen LogP contribution is -2.10. The zero-order valence-corrected chi connectivity index (χ0v) is 30.4. The summed E-state index contributed by atoms with van der Waals surface area (Å²) < 4.78 is 29.2. The van der Waals surface area contributed by atoms with Gasteiger partial charge < -0.3 is 23.7 Å². The van der Waals surface area contributed by atoms with Gasteiger partial charge in [0.15, 0.2) is 11.5 Å². The topological polar surface area (TPSA) is 93.2 Å². The maximum atomic E-state index is 13.3. The fourth-order valence-corrected chi connectivity index (χ4v) is 5.91. The van der Waals surface area contributed by atoms with Crippen LogP contribution in [0.4, 0.5) is 0 Å². The molecule has 0 unspecified atom stereocenters. The van der Waals surface area contributed by atoms with Gasteiger partial charge >= 0.3 is 11.9 Å². The second kappa shape index (κ2) is 19.1. The van der Waals surface area contributed by atoms with E-state index >= 15 is 0 Å². The monoisotopic (exact) mass is 717 g/mol. The minimum absolute atomic E-state index is 0.255. The Labute approximate surface area is 309 Å². The van der Waals surface area contributed by atoms with E-state index in [0.29, 0.717) is 69.2 Å². The van der Waals surface area contributed by atoms with Gasteiger partial charge in [-0.2, -0.15) is 0 Å². The summed E-state index contributed by atoms with van der Waals surface area (Å²) in [4.78, 5) is 31.2.